The number of methoxy groups -OCH3 is 1. The van der Waals surface area contributed by atoms with Gasteiger partial charge in [0.2, 0.25) is 5.91 Å². The van der Waals surface area contributed by atoms with E-state index < -0.39 is 0 Å². The molecule has 1 aromatic heterocycles. The fourth-order valence-electron chi connectivity index (χ4n) is 3.52. The zero-order valence-corrected chi connectivity index (χ0v) is 15.1. The Balaban J connectivity index is 1.82. The number of nitrogens with zero attached hydrogens (tertiary/aromatic N) is 1. The maximum atomic E-state index is 12.7. The molecular weight excluding hydrogens is 332 g/mol. The van der Waals surface area contributed by atoms with Crippen LogP contribution in [0.2, 0.25) is 0 Å². The number of carbonyl (C=O) groups is 2. The second-order valence-electron chi connectivity index (χ2n) is 6.54. The van der Waals surface area contributed by atoms with Gasteiger partial charge >= 0.3 is 0 Å². The van der Waals surface area contributed by atoms with Crippen LogP contribution in [0.5, 0.6) is 0 Å². The first-order valence-electron chi connectivity index (χ1n) is 8.76. The van der Waals surface area contributed by atoms with Crippen molar-refractivity contribution in [2.24, 2.45) is 5.92 Å². The topological polar surface area (TPSA) is 71.8 Å². The average molecular weight is 356 g/mol. The van der Waals surface area contributed by atoms with E-state index in [4.69, 9.17) is 9.15 Å². The number of rotatable bonds is 6. The van der Waals surface area contributed by atoms with E-state index in [2.05, 4.69) is 5.32 Å². The van der Waals surface area contributed by atoms with E-state index in [1.165, 1.54) is 6.26 Å². The summed E-state index contributed by atoms with van der Waals surface area (Å²) in [7, 11) is 1.60. The van der Waals surface area contributed by atoms with Gasteiger partial charge in [-0.3, -0.25) is 9.59 Å². The number of hydrogen-bond acceptors (Lipinski definition) is 4. The maximum absolute atomic E-state index is 12.7. The normalized spacial score (nSPS) is 19.5. The summed E-state index contributed by atoms with van der Waals surface area (Å²) in [5.41, 5.74) is 2.23. The van der Waals surface area contributed by atoms with Crippen LogP contribution in [0.3, 0.4) is 0 Å². The Morgan fingerprint density at radius 1 is 1.23 bits per heavy atom. The number of aryl methyl sites for hydroxylation is 1. The van der Waals surface area contributed by atoms with Crippen LogP contribution >= 0.6 is 0 Å². The SMILES string of the molecule is COCCNC(=O)[C@@H]1CN(C(=O)c2ccco2)C[C@H]1c1ccccc1C. The molecule has 6 nitrogen and oxygen atoms in total. The van der Waals surface area contributed by atoms with E-state index in [-0.39, 0.29) is 23.7 Å². The molecule has 2 amide bonds. The standard InChI is InChI=1S/C20H24N2O4/c1-14-6-3-4-7-15(14)16-12-22(20(24)18-8-5-10-26-18)13-17(16)19(23)21-9-11-25-2/h3-8,10,16-17H,9,11-13H2,1-2H3,(H,21,23)/t16-,17+/m0/s1. The van der Waals surface area contributed by atoms with Gasteiger partial charge in [0.15, 0.2) is 5.76 Å². The fourth-order valence-corrected chi connectivity index (χ4v) is 3.52. The molecule has 0 aliphatic carbocycles. The first-order valence-corrected chi connectivity index (χ1v) is 8.76. The number of likely N-dealkylation sites (tertiary alicyclic amines) is 1. The molecule has 2 aromatic rings. The second kappa shape index (κ2) is 8.19. The molecule has 2 atom stereocenters. The molecule has 2 heterocycles. The highest BCUT2D eigenvalue weighted by molar-refractivity contribution is 5.92. The number of benzene rings is 1. The highest BCUT2D eigenvalue weighted by Crippen LogP contribution is 2.35. The molecule has 26 heavy (non-hydrogen) atoms. The number of ether oxygens (including phenoxy) is 1. The summed E-state index contributed by atoms with van der Waals surface area (Å²) in [6.45, 7) is 3.82. The Morgan fingerprint density at radius 3 is 2.73 bits per heavy atom. The minimum Gasteiger partial charge on any atom is -0.459 e. The van der Waals surface area contributed by atoms with E-state index in [0.29, 0.717) is 32.0 Å². The molecule has 1 aliphatic rings. The van der Waals surface area contributed by atoms with Crippen molar-refractivity contribution in [2.75, 3.05) is 33.4 Å². The quantitative estimate of drug-likeness (QED) is 0.806. The van der Waals surface area contributed by atoms with Gasteiger partial charge in [-0.15, -0.1) is 0 Å². The lowest BCUT2D eigenvalue weighted by Crippen LogP contribution is -2.37. The number of amides is 2. The molecule has 1 aliphatic heterocycles. The number of nitrogens with one attached hydrogen (secondary N) is 1. The minimum atomic E-state index is -0.299. The van der Waals surface area contributed by atoms with Crippen molar-refractivity contribution in [3.63, 3.8) is 0 Å². The molecule has 138 valence electrons. The van der Waals surface area contributed by atoms with Crippen molar-refractivity contribution in [1.82, 2.24) is 10.2 Å². The minimum absolute atomic E-state index is 0.0438. The summed E-state index contributed by atoms with van der Waals surface area (Å²) in [5, 5.41) is 2.91. The smallest absolute Gasteiger partial charge is 0.289 e. The zero-order valence-electron chi connectivity index (χ0n) is 15.1. The highest BCUT2D eigenvalue weighted by atomic mass is 16.5. The van der Waals surface area contributed by atoms with Gasteiger partial charge in [0.1, 0.15) is 0 Å². The first kappa shape index (κ1) is 18.2. The summed E-state index contributed by atoms with van der Waals surface area (Å²) in [5.74, 6) is -0.274. The lowest BCUT2D eigenvalue weighted by atomic mass is 9.86. The Bertz CT molecular complexity index is 757. The molecule has 1 saturated heterocycles. The van der Waals surface area contributed by atoms with E-state index in [9.17, 15) is 9.59 Å². The van der Waals surface area contributed by atoms with Gasteiger partial charge < -0.3 is 19.4 Å². The summed E-state index contributed by atoms with van der Waals surface area (Å²) in [6.07, 6.45) is 1.48. The zero-order chi connectivity index (χ0) is 18.5. The van der Waals surface area contributed by atoms with Crippen LogP contribution in [0.25, 0.3) is 0 Å². The molecule has 1 fully saturated rings. The van der Waals surface area contributed by atoms with E-state index in [0.717, 1.165) is 11.1 Å². The average Bonchev–Trinajstić information content (AvgIpc) is 3.32. The highest BCUT2D eigenvalue weighted by Gasteiger charge is 2.41. The third kappa shape index (κ3) is 3.80. The summed E-state index contributed by atoms with van der Waals surface area (Å²) < 4.78 is 10.2. The summed E-state index contributed by atoms with van der Waals surface area (Å²) in [6, 6.07) is 11.4. The third-order valence-electron chi connectivity index (χ3n) is 4.87. The molecule has 3 rings (SSSR count). The van der Waals surface area contributed by atoms with Crippen molar-refractivity contribution in [2.45, 2.75) is 12.8 Å². The molecule has 0 unspecified atom stereocenters. The van der Waals surface area contributed by atoms with E-state index in [1.54, 1.807) is 24.1 Å². The van der Waals surface area contributed by atoms with Crippen LogP contribution in [0.1, 0.15) is 27.6 Å². The molecule has 6 heteroatoms. The van der Waals surface area contributed by atoms with E-state index >= 15 is 0 Å². The van der Waals surface area contributed by atoms with Crippen LogP contribution < -0.4 is 5.32 Å². The summed E-state index contributed by atoms with van der Waals surface area (Å²) >= 11 is 0. The van der Waals surface area contributed by atoms with Gasteiger partial charge in [0, 0.05) is 32.7 Å². The van der Waals surface area contributed by atoms with Crippen molar-refractivity contribution in [3.8, 4) is 0 Å². The predicted octanol–water partition coefficient (Wildman–Crippen LogP) is 2.21. The van der Waals surface area contributed by atoms with Crippen molar-refractivity contribution < 1.29 is 18.7 Å². The predicted molar refractivity (Wildman–Crippen MR) is 96.9 cm³/mol. The van der Waals surface area contributed by atoms with E-state index in [1.807, 2.05) is 31.2 Å². The Morgan fingerprint density at radius 2 is 2.04 bits per heavy atom. The van der Waals surface area contributed by atoms with Gasteiger partial charge in [-0.1, -0.05) is 24.3 Å². The van der Waals surface area contributed by atoms with Crippen LogP contribution in [0, 0.1) is 12.8 Å². The van der Waals surface area contributed by atoms with Gasteiger partial charge in [-0.2, -0.15) is 0 Å². The summed E-state index contributed by atoms with van der Waals surface area (Å²) in [4.78, 5) is 27.1. The van der Waals surface area contributed by atoms with Gasteiger partial charge in [-0.05, 0) is 30.2 Å². The Labute approximate surface area is 153 Å². The van der Waals surface area contributed by atoms with Crippen molar-refractivity contribution in [3.05, 3.63) is 59.5 Å². The van der Waals surface area contributed by atoms with Gasteiger partial charge in [0.25, 0.3) is 5.91 Å². The molecule has 0 radical (unpaired) electrons. The first-order chi connectivity index (χ1) is 12.6. The molecule has 0 saturated carbocycles. The number of furan rings is 1. The molecule has 1 aromatic carbocycles. The van der Waals surface area contributed by atoms with Crippen LogP contribution in [0.15, 0.2) is 47.1 Å². The molecule has 0 bridgehead atoms. The van der Waals surface area contributed by atoms with Gasteiger partial charge in [-0.25, -0.2) is 0 Å². The molecule has 1 N–H and O–H groups in total. The monoisotopic (exact) mass is 356 g/mol. The molecular formula is C20H24N2O4. The third-order valence-corrected chi connectivity index (χ3v) is 4.87. The molecule has 0 spiro atoms. The van der Waals surface area contributed by atoms with Crippen LogP contribution in [-0.4, -0.2) is 50.1 Å². The number of hydrogen-bond donors (Lipinski definition) is 1. The van der Waals surface area contributed by atoms with Gasteiger partial charge in [0.05, 0.1) is 18.8 Å². The lowest BCUT2D eigenvalue weighted by molar-refractivity contribution is -0.125. The van der Waals surface area contributed by atoms with Crippen LogP contribution in [-0.2, 0) is 9.53 Å². The largest absolute Gasteiger partial charge is 0.459 e. The Hall–Kier alpha value is -2.60. The Kier molecular flexibility index (Phi) is 5.73. The maximum Gasteiger partial charge on any atom is 0.289 e. The number of carbonyl (C=O) groups excluding carboxylic acids is 2. The second-order valence-corrected chi connectivity index (χ2v) is 6.54. The lowest BCUT2D eigenvalue weighted by Gasteiger charge is -2.19. The fraction of sp³-hybridized carbons (Fsp3) is 0.400. The van der Waals surface area contributed by atoms with Crippen molar-refractivity contribution >= 4 is 11.8 Å². The van der Waals surface area contributed by atoms with Crippen molar-refractivity contribution in [1.29, 1.82) is 0 Å². The van der Waals surface area contributed by atoms with Crippen LogP contribution in [0.4, 0.5) is 0 Å².